The molecular weight excluding hydrogens is 412 g/mol. The van der Waals surface area contributed by atoms with Gasteiger partial charge in [0.25, 0.3) is 0 Å². The van der Waals surface area contributed by atoms with Crippen molar-refractivity contribution < 1.29 is 8.42 Å². The largest absolute Gasteiger partial charge is 0.338 e. The Hall–Kier alpha value is -3.04. The number of sulfone groups is 1. The molecule has 150 valence electrons. The fourth-order valence-corrected chi connectivity index (χ4v) is 3.66. The van der Waals surface area contributed by atoms with E-state index in [1.165, 1.54) is 6.20 Å². The predicted octanol–water partition coefficient (Wildman–Crippen LogP) is 3.90. The van der Waals surface area contributed by atoms with Gasteiger partial charge in [0, 0.05) is 12.4 Å². The van der Waals surface area contributed by atoms with Crippen LogP contribution < -0.4 is 10.7 Å². The van der Waals surface area contributed by atoms with Crippen LogP contribution in [0.3, 0.4) is 0 Å². The first-order chi connectivity index (χ1) is 13.9. The van der Waals surface area contributed by atoms with E-state index in [1.807, 2.05) is 0 Å². The second-order valence-electron chi connectivity index (χ2n) is 6.26. The summed E-state index contributed by atoms with van der Waals surface area (Å²) in [6.45, 7) is 3.26. The monoisotopic (exact) mass is 430 g/mol. The average Bonchev–Trinajstić information content (AvgIpc) is 2.71. The normalized spacial score (nSPS) is 11.7. The van der Waals surface area contributed by atoms with Gasteiger partial charge in [-0.05, 0) is 43.7 Å². The SMILES string of the molecule is CC(C)S(=O)(=O)c1ccccc1Nc1nc(N/N=C/c2ccncc2)ncc1Cl. The van der Waals surface area contributed by atoms with Gasteiger partial charge in [0.15, 0.2) is 15.7 Å². The summed E-state index contributed by atoms with van der Waals surface area (Å²) in [5, 5.41) is 6.74. The molecule has 2 heterocycles. The maximum Gasteiger partial charge on any atom is 0.245 e. The lowest BCUT2D eigenvalue weighted by atomic mass is 10.3. The summed E-state index contributed by atoms with van der Waals surface area (Å²) in [7, 11) is -3.49. The summed E-state index contributed by atoms with van der Waals surface area (Å²) in [6.07, 6.45) is 6.31. The van der Waals surface area contributed by atoms with E-state index >= 15 is 0 Å². The van der Waals surface area contributed by atoms with Gasteiger partial charge in [-0.15, -0.1) is 0 Å². The molecule has 8 nitrogen and oxygen atoms in total. The van der Waals surface area contributed by atoms with Crippen LogP contribution in [-0.2, 0) is 9.84 Å². The van der Waals surface area contributed by atoms with Crippen LogP contribution in [0.25, 0.3) is 0 Å². The molecule has 0 spiro atoms. The smallest absolute Gasteiger partial charge is 0.245 e. The van der Waals surface area contributed by atoms with Gasteiger partial charge in [-0.25, -0.2) is 18.8 Å². The minimum atomic E-state index is -3.49. The van der Waals surface area contributed by atoms with Gasteiger partial charge >= 0.3 is 0 Å². The Kier molecular flexibility index (Phi) is 6.40. The third-order valence-electron chi connectivity index (χ3n) is 3.90. The molecule has 1 aromatic carbocycles. The van der Waals surface area contributed by atoms with E-state index in [-0.39, 0.29) is 21.7 Å². The molecule has 29 heavy (non-hydrogen) atoms. The van der Waals surface area contributed by atoms with Crippen LogP contribution in [0, 0.1) is 0 Å². The first kappa shape index (κ1) is 20.7. The molecule has 0 aliphatic rings. The van der Waals surface area contributed by atoms with Crippen molar-refractivity contribution in [1.29, 1.82) is 0 Å². The number of pyridine rings is 1. The number of rotatable bonds is 7. The molecule has 10 heteroatoms. The van der Waals surface area contributed by atoms with Crippen LogP contribution in [0.2, 0.25) is 5.02 Å². The molecule has 0 saturated carbocycles. The lowest BCUT2D eigenvalue weighted by Gasteiger charge is -2.15. The van der Waals surface area contributed by atoms with E-state index in [4.69, 9.17) is 11.6 Å². The number of nitrogens with one attached hydrogen (secondary N) is 2. The summed E-state index contributed by atoms with van der Waals surface area (Å²) in [4.78, 5) is 12.5. The fourth-order valence-electron chi connectivity index (χ4n) is 2.32. The van der Waals surface area contributed by atoms with E-state index in [0.29, 0.717) is 5.69 Å². The molecule has 0 radical (unpaired) electrons. The van der Waals surface area contributed by atoms with Crippen molar-refractivity contribution >= 4 is 45.1 Å². The maximum absolute atomic E-state index is 12.6. The predicted molar refractivity (Wildman–Crippen MR) is 115 cm³/mol. The highest BCUT2D eigenvalue weighted by Gasteiger charge is 2.23. The molecule has 0 aliphatic heterocycles. The average molecular weight is 431 g/mol. The van der Waals surface area contributed by atoms with E-state index in [2.05, 4.69) is 30.8 Å². The number of hydrazone groups is 1. The summed E-state index contributed by atoms with van der Waals surface area (Å²) >= 11 is 6.20. The first-order valence-electron chi connectivity index (χ1n) is 8.69. The van der Waals surface area contributed by atoms with Crippen LogP contribution in [0.1, 0.15) is 19.4 Å². The molecule has 0 saturated heterocycles. The highest BCUT2D eigenvalue weighted by atomic mass is 35.5. The van der Waals surface area contributed by atoms with Gasteiger partial charge in [0.2, 0.25) is 5.95 Å². The van der Waals surface area contributed by atoms with Crippen molar-refractivity contribution in [2.75, 3.05) is 10.7 Å². The van der Waals surface area contributed by atoms with E-state index in [1.54, 1.807) is 68.9 Å². The van der Waals surface area contributed by atoms with Crippen molar-refractivity contribution in [2.24, 2.45) is 5.10 Å². The Balaban J connectivity index is 1.84. The first-order valence-corrected chi connectivity index (χ1v) is 10.6. The zero-order valence-corrected chi connectivity index (χ0v) is 17.3. The molecule has 3 rings (SSSR count). The Morgan fingerprint density at radius 2 is 1.86 bits per heavy atom. The van der Waals surface area contributed by atoms with Gasteiger partial charge in [0.1, 0.15) is 5.02 Å². The lowest BCUT2D eigenvalue weighted by Crippen LogP contribution is -2.15. The zero-order valence-electron chi connectivity index (χ0n) is 15.7. The quantitative estimate of drug-likeness (QED) is 0.432. The highest BCUT2D eigenvalue weighted by Crippen LogP contribution is 2.30. The van der Waals surface area contributed by atoms with Crippen molar-refractivity contribution in [3.63, 3.8) is 0 Å². The Morgan fingerprint density at radius 3 is 2.59 bits per heavy atom. The van der Waals surface area contributed by atoms with Crippen molar-refractivity contribution in [3.8, 4) is 0 Å². The van der Waals surface area contributed by atoms with Gasteiger partial charge in [-0.3, -0.25) is 4.98 Å². The number of hydrogen-bond donors (Lipinski definition) is 2. The van der Waals surface area contributed by atoms with Crippen molar-refractivity contribution in [3.05, 3.63) is 65.6 Å². The summed E-state index contributed by atoms with van der Waals surface area (Å²) in [6, 6.07) is 10.2. The molecule has 0 aliphatic carbocycles. The van der Waals surface area contributed by atoms with Crippen LogP contribution in [0.5, 0.6) is 0 Å². The maximum atomic E-state index is 12.6. The van der Waals surface area contributed by atoms with E-state index in [0.717, 1.165) is 5.56 Å². The molecule has 3 aromatic rings. The number of nitrogens with zero attached hydrogens (tertiary/aromatic N) is 4. The summed E-state index contributed by atoms with van der Waals surface area (Å²) < 4.78 is 25.3. The molecule has 0 amide bonds. The highest BCUT2D eigenvalue weighted by molar-refractivity contribution is 7.92. The van der Waals surface area contributed by atoms with E-state index < -0.39 is 15.1 Å². The second-order valence-corrected chi connectivity index (χ2v) is 9.14. The summed E-state index contributed by atoms with van der Waals surface area (Å²) in [5.41, 5.74) is 3.96. The third kappa shape index (κ3) is 5.07. The Morgan fingerprint density at radius 1 is 1.14 bits per heavy atom. The lowest BCUT2D eigenvalue weighted by molar-refractivity contribution is 0.588. The number of hydrogen-bond acceptors (Lipinski definition) is 8. The molecule has 2 N–H and O–H groups in total. The topological polar surface area (TPSA) is 109 Å². The zero-order chi connectivity index (χ0) is 20.9. The van der Waals surface area contributed by atoms with Crippen LogP contribution in [-0.4, -0.2) is 34.8 Å². The Bertz CT molecular complexity index is 1120. The van der Waals surface area contributed by atoms with Gasteiger partial charge in [-0.2, -0.15) is 10.1 Å². The van der Waals surface area contributed by atoms with Crippen LogP contribution >= 0.6 is 11.6 Å². The minimum Gasteiger partial charge on any atom is -0.338 e. The molecule has 0 bridgehead atoms. The fraction of sp³-hybridized carbons (Fsp3) is 0.158. The molecular formula is C19H19ClN6O2S. The molecule has 2 aromatic heterocycles. The van der Waals surface area contributed by atoms with E-state index in [9.17, 15) is 8.42 Å². The Labute approximate surface area is 174 Å². The minimum absolute atomic E-state index is 0.176. The summed E-state index contributed by atoms with van der Waals surface area (Å²) in [5.74, 6) is 0.459. The third-order valence-corrected chi connectivity index (χ3v) is 6.38. The van der Waals surface area contributed by atoms with Crippen molar-refractivity contribution in [1.82, 2.24) is 15.0 Å². The molecule has 0 fully saturated rings. The molecule has 0 unspecified atom stereocenters. The number of anilines is 3. The standard InChI is InChI=1S/C19H19ClN6O2S/c1-13(2)29(27,28)17-6-4-3-5-16(17)24-18-15(20)12-22-19(25-18)26-23-11-14-7-9-21-10-8-14/h3-13H,1-2H3,(H2,22,24,25,26)/b23-11+. The van der Waals surface area contributed by atoms with Crippen LogP contribution in [0.4, 0.5) is 17.5 Å². The number of benzene rings is 1. The van der Waals surface area contributed by atoms with Gasteiger partial charge < -0.3 is 5.32 Å². The number of aromatic nitrogens is 3. The van der Waals surface area contributed by atoms with Crippen molar-refractivity contribution in [2.45, 2.75) is 24.0 Å². The number of halogens is 1. The van der Waals surface area contributed by atoms with Gasteiger partial charge in [-0.1, -0.05) is 23.7 Å². The number of para-hydroxylation sites is 1. The van der Waals surface area contributed by atoms with Crippen LogP contribution in [0.15, 0.2) is 65.0 Å². The second kappa shape index (κ2) is 8.97. The molecule has 0 atom stereocenters. The van der Waals surface area contributed by atoms with Gasteiger partial charge in [0.05, 0.1) is 28.2 Å².